The number of imidazole rings is 1. The molecule has 6 rings (SSSR count). The molecule has 38 heavy (non-hydrogen) atoms. The molecule has 2 aliphatic heterocycles. The van der Waals surface area contributed by atoms with Crippen LogP contribution in [0.15, 0.2) is 48.9 Å². The molecule has 1 aromatic carbocycles. The molecule has 0 amide bonds. The molecule has 0 saturated carbocycles. The topological polar surface area (TPSA) is 99.0 Å². The molecule has 198 valence electrons. The average molecular weight is 515 g/mol. The molecule has 0 radical (unpaired) electrons. The predicted octanol–water partition coefficient (Wildman–Crippen LogP) is 4.10. The fourth-order valence-electron chi connectivity index (χ4n) is 5.49. The maximum absolute atomic E-state index is 9.55. The van der Waals surface area contributed by atoms with Crippen LogP contribution < -0.4 is 4.74 Å². The van der Waals surface area contributed by atoms with Crippen LogP contribution in [0.3, 0.4) is 0 Å². The van der Waals surface area contributed by atoms with E-state index >= 15 is 0 Å². The normalized spacial score (nSPS) is 17.2. The first-order valence-corrected chi connectivity index (χ1v) is 13.3. The third kappa shape index (κ3) is 4.28. The van der Waals surface area contributed by atoms with Crippen molar-refractivity contribution in [1.82, 2.24) is 39.0 Å². The van der Waals surface area contributed by atoms with Gasteiger partial charge in [-0.1, -0.05) is 12.6 Å². The molecule has 0 spiro atoms. The van der Waals surface area contributed by atoms with Crippen molar-refractivity contribution >= 4 is 0 Å². The molecule has 1 saturated heterocycles. The van der Waals surface area contributed by atoms with E-state index in [1.54, 1.807) is 0 Å². The number of rotatable bonds is 6. The van der Waals surface area contributed by atoms with Crippen molar-refractivity contribution in [2.75, 3.05) is 26.3 Å². The van der Waals surface area contributed by atoms with Gasteiger partial charge in [0.2, 0.25) is 0 Å². The molecular weight excluding hydrogens is 480 g/mol. The molecule has 0 aliphatic carbocycles. The molecule has 4 aromatic rings. The number of aliphatic hydroxyl groups excluding tert-OH is 1. The summed E-state index contributed by atoms with van der Waals surface area (Å²) in [5, 5.41) is 18.8. The maximum atomic E-state index is 9.55. The molecule has 1 atom stereocenters. The van der Waals surface area contributed by atoms with Crippen molar-refractivity contribution in [3.05, 3.63) is 54.8 Å². The van der Waals surface area contributed by atoms with E-state index in [9.17, 15) is 5.11 Å². The zero-order valence-electron chi connectivity index (χ0n) is 22.2. The summed E-state index contributed by atoms with van der Waals surface area (Å²) >= 11 is 0. The highest BCUT2D eigenvalue weighted by Crippen LogP contribution is 2.38. The third-order valence-electron chi connectivity index (χ3n) is 7.38. The number of hydrogen-bond donors (Lipinski definition) is 1. The summed E-state index contributed by atoms with van der Waals surface area (Å²) in [5.41, 5.74) is 4.63. The summed E-state index contributed by atoms with van der Waals surface area (Å²) in [5.74, 6) is 3.20. The zero-order chi connectivity index (χ0) is 26.4. The summed E-state index contributed by atoms with van der Waals surface area (Å²) in [7, 11) is 0. The molecule has 2 aliphatic rings. The van der Waals surface area contributed by atoms with Crippen molar-refractivity contribution in [2.45, 2.75) is 52.2 Å². The minimum atomic E-state index is -0.0200. The fourth-order valence-corrected chi connectivity index (χ4v) is 5.49. The van der Waals surface area contributed by atoms with E-state index in [0.717, 1.165) is 77.4 Å². The standard InChI is InChI=1S/C28H34N8O2/c1-18(2)35-28(30-20(4)32-35)24-16-34-12-13-38-26-14-21(7-8-23(26)27(34)31-24)25-9-10-29-36(25)22-6-5-11-33(15-22)19(3)17-37/h7-10,14,16,18,22,37H,3,5-6,11-13,15,17H2,1-2,4H3/t22-/m1/s1. The van der Waals surface area contributed by atoms with Gasteiger partial charge in [-0.3, -0.25) is 4.68 Å². The second kappa shape index (κ2) is 9.75. The van der Waals surface area contributed by atoms with E-state index in [0.29, 0.717) is 13.2 Å². The van der Waals surface area contributed by atoms with Crippen LogP contribution in [0.5, 0.6) is 5.75 Å². The molecule has 0 bridgehead atoms. The SMILES string of the molecule is C=C(CO)N1CCC[C@@H](n2nccc2-c2ccc3c(c2)OCCn2cc(-c4nc(C)nn4C(C)C)nc2-3)C1. The Labute approximate surface area is 222 Å². The Bertz CT molecular complexity index is 1480. The average Bonchev–Trinajstić information content (AvgIpc) is 3.65. The number of nitrogens with zero attached hydrogens (tertiary/aromatic N) is 8. The Hall–Kier alpha value is -3.92. The van der Waals surface area contributed by atoms with Crippen LogP contribution in [0, 0.1) is 6.92 Å². The van der Waals surface area contributed by atoms with Gasteiger partial charge >= 0.3 is 0 Å². The molecular formula is C28H34N8O2. The summed E-state index contributed by atoms with van der Waals surface area (Å²) in [6.45, 7) is 13.1. The van der Waals surface area contributed by atoms with E-state index in [2.05, 4.69) is 74.0 Å². The first-order chi connectivity index (χ1) is 18.4. The molecule has 5 heterocycles. The lowest BCUT2D eigenvalue weighted by Crippen LogP contribution is -2.37. The van der Waals surface area contributed by atoms with E-state index in [1.165, 1.54) is 0 Å². The van der Waals surface area contributed by atoms with Gasteiger partial charge in [0.1, 0.15) is 29.7 Å². The van der Waals surface area contributed by atoms with Crippen LogP contribution in [0.25, 0.3) is 34.2 Å². The van der Waals surface area contributed by atoms with Crippen LogP contribution >= 0.6 is 0 Å². The molecule has 10 heteroatoms. The van der Waals surface area contributed by atoms with Crippen LogP contribution in [0.1, 0.15) is 44.6 Å². The van der Waals surface area contributed by atoms with Crippen molar-refractivity contribution in [1.29, 1.82) is 0 Å². The van der Waals surface area contributed by atoms with Crippen molar-refractivity contribution in [2.24, 2.45) is 0 Å². The number of benzene rings is 1. The highest BCUT2D eigenvalue weighted by atomic mass is 16.5. The predicted molar refractivity (Wildman–Crippen MR) is 145 cm³/mol. The van der Waals surface area contributed by atoms with Gasteiger partial charge in [0.15, 0.2) is 5.82 Å². The maximum Gasteiger partial charge on any atom is 0.178 e. The minimum absolute atomic E-state index is 0.0200. The second-order valence-electron chi connectivity index (χ2n) is 10.4. The lowest BCUT2D eigenvalue weighted by atomic mass is 10.0. The molecule has 3 aromatic heterocycles. The number of hydrogen-bond acceptors (Lipinski definition) is 7. The van der Waals surface area contributed by atoms with Gasteiger partial charge in [-0.2, -0.15) is 10.2 Å². The number of piperidine rings is 1. The smallest absolute Gasteiger partial charge is 0.178 e. The van der Waals surface area contributed by atoms with Crippen LogP contribution in [0.2, 0.25) is 0 Å². The lowest BCUT2D eigenvalue weighted by Gasteiger charge is -2.35. The number of ether oxygens (including phenoxy) is 1. The Morgan fingerprint density at radius 3 is 2.87 bits per heavy atom. The lowest BCUT2D eigenvalue weighted by molar-refractivity contribution is 0.182. The van der Waals surface area contributed by atoms with Gasteiger partial charge in [-0.05, 0) is 51.8 Å². The first-order valence-electron chi connectivity index (χ1n) is 13.3. The summed E-state index contributed by atoms with van der Waals surface area (Å²) < 4.78 is 12.4. The molecule has 0 unspecified atom stereocenters. The van der Waals surface area contributed by atoms with Gasteiger partial charge in [0, 0.05) is 42.8 Å². The van der Waals surface area contributed by atoms with Gasteiger partial charge < -0.3 is 19.3 Å². The van der Waals surface area contributed by atoms with E-state index in [4.69, 9.17) is 9.72 Å². The number of fused-ring (bicyclic) bond motifs is 3. The highest BCUT2D eigenvalue weighted by Gasteiger charge is 2.26. The third-order valence-corrected chi connectivity index (χ3v) is 7.38. The highest BCUT2D eigenvalue weighted by molar-refractivity contribution is 5.74. The molecule has 1 fully saturated rings. The monoisotopic (exact) mass is 514 g/mol. The van der Waals surface area contributed by atoms with Crippen molar-refractivity contribution in [3.63, 3.8) is 0 Å². The summed E-state index contributed by atoms with van der Waals surface area (Å²) in [6, 6.07) is 8.76. The second-order valence-corrected chi connectivity index (χ2v) is 10.4. The Morgan fingerprint density at radius 2 is 2.05 bits per heavy atom. The van der Waals surface area contributed by atoms with Crippen LogP contribution in [-0.2, 0) is 6.54 Å². The van der Waals surface area contributed by atoms with Gasteiger partial charge in [0.25, 0.3) is 0 Å². The molecule has 10 nitrogen and oxygen atoms in total. The Kier molecular flexibility index (Phi) is 6.27. The van der Waals surface area contributed by atoms with Crippen LogP contribution in [-0.4, -0.2) is 70.4 Å². The Morgan fingerprint density at radius 1 is 1.18 bits per heavy atom. The van der Waals surface area contributed by atoms with Crippen molar-refractivity contribution in [3.8, 4) is 39.9 Å². The van der Waals surface area contributed by atoms with E-state index in [-0.39, 0.29) is 18.7 Å². The number of likely N-dealkylation sites (tertiary alicyclic amines) is 1. The minimum Gasteiger partial charge on any atom is -0.491 e. The fraction of sp³-hybridized carbons (Fsp3) is 0.429. The van der Waals surface area contributed by atoms with E-state index in [1.807, 2.05) is 24.0 Å². The van der Waals surface area contributed by atoms with Gasteiger partial charge in [-0.25, -0.2) is 14.6 Å². The van der Waals surface area contributed by atoms with Crippen molar-refractivity contribution < 1.29 is 9.84 Å². The number of aryl methyl sites for hydroxylation is 1. The number of aliphatic hydroxyl groups is 1. The summed E-state index contributed by atoms with van der Waals surface area (Å²) in [6.07, 6.45) is 5.97. The largest absolute Gasteiger partial charge is 0.491 e. The van der Waals surface area contributed by atoms with Gasteiger partial charge in [0.05, 0.1) is 30.5 Å². The van der Waals surface area contributed by atoms with Crippen LogP contribution in [0.4, 0.5) is 0 Å². The Balaban J connectivity index is 1.34. The summed E-state index contributed by atoms with van der Waals surface area (Å²) in [4.78, 5) is 11.8. The first kappa shape index (κ1) is 24.4. The zero-order valence-corrected chi connectivity index (χ0v) is 22.2. The van der Waals surface area contributed by atoms with E-state index < -0.39 is 0 Å². The molecule has 1 N–H and O–H groups in total. The number of aromatic nitrogens is 7. The van der Waals surface area contributed by atoms with Gasteiger partial charge in [-0.15, -0.1) is 0 Å². The quantitative estimate of drug-likeness (QED) is 0.414.